The molecule has 4 aromatic rings. The van der Waals surface area contributed by atoms with Gasteiger partial charge in [-0.25, -0.2) is 0 Å². The molecule has 0 fully saturated rings. The van der Waals surface area contributed by atoms with Crippen LogP contribution in [-0.2, 0) is 21.7 Å². The van der Waals surface area contributed by atoms with Crippen LogP contribution >= 0.6 is 94.1 Å². The van der Waals surface area contributed by atoms with Crippen LogP contribution in [0.1, 0.15) is 230 Å². The molecule has 0 nitrogen and oxygen atoms in total. The van der Waals surface area contributed by atoms with Gasteiger partial charge in [0.25, 0.3) is 0 Å². The third-order valence-corrected chi connectivity index (χ3v) is 27.3. The van der Waals surface area contributed by atoms with Crippen molar-refractivity contribution in [1.29, 1.82) is 0 Å². The van der Waals surface area contributed by atoms with E-state index in [0.717, 1.165) is 0 Å². The van der Waals surface area contributed by atoms with Crippen molar-refractivity contribution in [3.63, 3.8) is 0 Å². The largest absolute Gasteiger partial charge is 0.125 e. The highest BCUT2D eigenvalue weighted by Gasteiger charge is 2.89. The minimum Gasteiger partial charge on any atom is -0.125 e. The van der Waals surface area contributed by atoms with Gasteiger partial charge in [-0.05, 0) is 190 Å². The molecule has 0 unspecified atom stereocenters. The minimum atomic E-state index is -0.274. The van der Waals surface area contributed by atoms with Gasteiger partial charge < -0.3 is 0 Å². The Morgan fingerprint density at radius 2 is 0.356 bits per heavy atom. The molecule has 0 N–H and O–H groups in total. The lowest BCUT2D eigenvalue weighted by Gasteiger charge is -2.57. The maximum atomic E-state index is 2.83. The lowest BCUT2D eigenvalue weighted by molar-refractivity contribution is 0.0251. The maximum Gasteiger partial charge on any atom is 0.0273 e. The number of hydrogen-bond acceptors (Lipinski definition) is 8. The van der Waals surface area contributed by atoms with E-state index in [1.807, 2.05) is 0 Å². The summed E-state index contributed by atoms with van der Waals surface area (Å²) in [6.45, 7) is 30.2. The van der Waals surface area contributed by atoms with E-state index in [1.165, 1.54) is 188 Å². The summed E-state index contributed by atoms with van der Waals surface area (Å²) in [7, 11) is 0. The molecule has 8 heteroatoms. The third-order valence-electron chi connectivity index (χ3n) is 17.7. The summed E-state index contributed by atoms with van der Waals surface area (Å²) in [5, 5.41) is 0. The van der Waals surface area contributed by atoms with Crippen molar-refractivity contribution in [3.8, 4) is 0 Å². The zero-order valence-corrected chi connectivity index (χ0v) is 53.9. The predicted molar refractivity (Wildman–Crippen MR) is 339 cm³/mol. The first-order valence-electron chi connectivity index (χ1n) is 29.2. The third kappa shape index (κ3) is 9.88. The minimum absolute atomic E-state index is 0.248. The first-order chi connectivity index (χ1) is 35.4. The van der Waals surface area contributed by atoms with Crippen LogP contribution < -0.4 is 0 Å². The average molecular weight is 1130 g/mol. The standard InChI is InChI=1S/C65H92S8/c1-13-21-29-66-53-37-45-46(38-54(53)67-30-22-14-2)62(10)49-41-57(70-33-25-17-5)58(71-34-26-18-6)42-50(49)64(12)52-44-60(73-36-28-20-8)59(72-35-27-19-7)43-51(52)63(11)48-40-56(69-32-24-16-4)55(68-31-23-15-3)39-47(48)61(45,9)65(62,63)64/h37-44H,13-36H2,1-12H3. The second-order valence-corrected chi connectivity index (χ2v) is 31.3. The highest BCUT2D eigenvalue weighted by Crippen LogP contribution is 2.90. The van der Waals surface area contributed by atoms with Crippen LogP contribution in [0.25, 0.3) is 0 Å². The van der Waals surface area contributed by atoms with Gasteiger partial charge in [-0.2, -0.15) is 0 Å². The Kier molecular flexibility index (Phi) is 20.8. The molecule has 4 aromatic carbocycles. The monoisotopic (exact) mass is 1130 g/mol. The molecule has 8 rings (SSSR count). The quantitative estimate of drug-likeness (QED) is 0.0346. The number of thioether (sulfide) groups is 8. The van der Waals surface area contributed by atoms with E-state index in [9.17, 15) is 0 Å². The molecule has 4 aliphatic rings. The lowest BCUT2D eigenvalue weighted by atomic mass is 9.43. The van der Waals surface area contributed by atoms with Gasteiger partial charge in [0.2, 0.25) is 0 Å². The van der Waals surface area contributed by atoms with E-state index in [0.29, 0.717) is 0 Å². The van der Waals surface area contributed by atoms with Gasteiger partial charge in [-0.1, -0.05) is 134 Å². The molecule has 0 saturated heterocycles. The molecule has 0 radical (unpaired) electrons. The molecule has 0 atom stereocenters. The van der Waals surface area contributed by atoms with Crippen LogP contribution in [-0.4, -0.2) is 46.0 Å². The summed E-state index contributed by atoms with van der Waals surface area (Å²) in [6.07, 6.45) is 19.9. The van der Waals surface area contributed by atoms with Crippen molar-refractivity contribution in [2.24, 2.45) is 5.41 Å². The number of fused-ring (bicyclic) bond motifs is 12. The number of hydrogen-bond donors (Lipinski definition) is 0. The van der Waals surface area contributed by atoms with Crippen molar-refractivity contribution in [2.45, 2.75) is 247 Å². The molecule has 0 aromatic heterocycles. The van der Waals surface area contributed by atoms with Crippen LogP contribution in [0.3, 0.4) is 0 Å². The van der Waals surface area contributed by atoms with Crippen LogP contribution in [0.5, 0.6) is 0 Å². The second-order valence-electron chi connectivity index (χ2n) is 22.2. The lowest BCUT2D eigenvalue weighted by Crippen LogP contribution is -2.60. The summed E-state index contributed by atoms with van der Waals surface area (Å²) < 4.78 is 0. The van der Waals surface area contributed by atoms with E-state index in [2.05, 4.69) is 226 Å². The highest BCUT2D eigenvalue weighted by atomic mass is 32.2. The van der Waals surface area contributed by atoms with Crippen molar-refractivity contribution >= 4 is 94.1 Å². The Morgan fingerprint density at radius 1 is 0.233 bits per heavy atom. The fraction of sp³-hybridized carbons (Fsp3) is 0.631. The number of unbranched alkanes of at least 4 members (excludes halogenated alkanes) is 8. The molecule has 0 heterocycles. The fourth-order valence-electron chi connectivity index (χ4n) is 14.3. The van der Waals surface area contributed by atoms with Crippen LogP contribution in [0, 0.1) is 5.41 Å². The van der Waals surface area contributed by atoms with Crippen molar-refractivity contribution in [1.82, 2.24) is 0 Å². The van der Waals surface area contributed by atoms with Gasteiger partial charge in [0.15, 0.2) is 0 Å². The van der Waals surface area contributed by atoms with Gasteiger partial charge in [0, 0.05) is 66.2 Å². The molecule has 73 heavy (non-hydrogen) atoms. The normalized spacial score (nSPS) is 23.7. The first-order valence-corrected chi connectivity index (χ1v) is 37.1. The molecule has 4 aliphatic carbocycles. The summed E-state index contributed by atoms with van der Waals surface area (Å²) in [5.41, 5.74) is 11.7. The molecule has 0 aliphatic heterocycles. The van der Waals surface area contributed by atoms with Crippen molar-refractivity contribution < 1.29 is 0 Å². The van der Waals surface area contributed by atoms with Gasteiger partial charge >= 0.3 is 0 Å². The summed E-state index contributed by atoms with van der Waals surface area (Å²) in [5.74, 6) is 9.45. The summed E-state index contributed by atoms with van der Waals surface area (Å²) in [6, 6.07) is 22.7. The van der Waals surface area contributed by atoms with E-state index in [1.54, 1.807) is 44.5 Å². The predicted octanol–water partition coefficient (Wildman–Crippen LogP) is 22.4. The van der Waals surface area contributed by atoms with E-state index >= 15 is 0 Å². The van der Waals surface area contributed by atoms with Crippen LogP contribution in [0.15, 0.2) is 87.7 Å². The molecule has 0 amide bonds. The Hall–Kier alpha value is -0.320. The van der Waals surface area contributed by atoms with Gasteiger partial charge in [-0.3, -0.25) is 0 Å². The van der Waals surface area contributed by atoms with Crippen LogP contribution in [0.4, 0.5) is 0 Å². The fourth-order valence-corrected chi connectivity index (χ4v) is 24.1. The Morgan fingerprint density at radius 3 is 0.466 bits per heavy atom. The van der Waals surface area contributed by atoms with Crippen molar-refractivity contribution in [2.75, 3.05) is 46.0 Å². The zero-order valence-electron chi connectivity index (χ0n) is 47.4. The SMILES string of the molecule is CCCCSc1cc2c(cc1SCCCC)C1(C)c3cc(SCCCC)c(SCCCC)cc3C3(C)c4cc(SCCCC)c(SCCCC)cc4C4(C)c5cc(SCCCC)c(SCCCC)cc5C2(C)C143. The van der Waals surface area contributed by atoms with Gasteiger partial charge in [0.05, 0.1) is 0 Å². The van der Waals surface area contributed by atoms with Gasteiger partial charge in [0.1, 0.15) is 0 Å². The Bertz CT molecular complexity index is 2020. The zero-order chi connectivity index (χ0) is 52.0. The molecular weight excluding hydrogens is 1040 g/mol. The number of rotatable bonds is 32. The average Bonchev–Trinajstić information content (AvgIpc) is 3.85. The smallest absolute Gasteiger partial charge is 0.0273 e. The molecule has 400 valence electrons. The second kappa shape index (κ2) is 25.9. The Balaban J connectivity index is 1.55. The van der Waals surface area contributed by atoms with Crippen LogP contribution in [0.2, 0.25) is 0 Å². The van der Waals surface area contributed by atoms with Crippen molar-refractivity contribution in [3.05, 3.63) is 93.0 Å². The molecule has 0 saturated carbocycles. The molecule has 1 spiro atoms. The summed E-state index contributed by atoms with van der Waals surface area (Å²) >= 11 is 17.3. The maximum absolute atomic E-state index is 2.83. The first kappa shape index (κ1) is 58.8. The van der Waals surface area contributed by atoms with E-state index in [4.69, 9.17) is 0 Å². The topological polar surface area (TPSA) is 0 Å². The molecule has 0 bridgehead atoms. The van der Waals surface area contributed by atoms with Gasteiger partial charge in [-0.15, -0.1) is 94.1 Å². The van der Waals surface area contributed by atoms with E-state index in [-0.39, 0.29) is 27.1 Å². The summed E-state index contributed by atoms with van der Waals surface area (Å²) in [4.78, 5) is 12.3. The highest BCUT2D eigenvalue weighted by molar-refractivity contribution is 8.03. The van der Waals surface area contributed by atoms with E-state index < -0.39 is 0 Å². The molecular formula is C65H92S8. The number of benzene rings is 4. The Labute approximate surface area is 481 Å².